The zero-order chi connectivity index (χ0) is 18.4. The highest BCUT2D eigenvalue weighted by Gasteiger charge is 2.41. The third kappa shape index (κ3) is 7.23. The van der Waals surface area contributed by atoms with Crippen LogP contribution in [0.5, 0.6) is 0 Å². The maximum Gasteiger partial charge on any atom is 0.310 e. The predicted octanol–water partition coefficient (Wildman–Crippen LogP) is 4.16. The molecule has 0 unspecified atom stereocenters. The molecule has 0 rings (SSSR count). The predicted molar refractivity (Wildman–Crippen MR) is 92.7 cm³/mol. The van der Waals surface area contributed by atoms with Gasteiger partial charge in [-0.05, 0) is 26.2 Å². The summed E-state index contributed by atoms with van der Waals surface area (Å²) in [6.45, 7) is 9.67. The average molecular weight is 386 g/mol. The standard InChI is InChI=1S/C16H23Cl3O4/c1-6-7-10(2)12(14(22)23-9-16(17,18)19)11(3)13(21)15(4,5)8-20/h6,8,10-12H,1,7,9H2,2-5H3/t10-,11+,12-/m0/s1. The number of Topliss-reactive ketones (excluding diaryl/α,β-unsaturated/α-hetero) is 1. The highest BCUT2D eigenvalue weighted by molar-refractivity contribution is 6.67. The molecule has 132 valence electrons. The topological polar surface area (TPSA) is 60.4 Å². The van der Waals surface area contributed by atoms with Gasteiger partial charge in [-0.2, -0.15) is 0 Å². The molecule has 0 saturated heterocycles. The first-order valence-corrected chi connectivity index (χ1v) is 8.35. The summed E-state index contributed by atoms with van der Waals surface area (Å²) in [6.07, 6.45) is 2.74. The van der Waals surface area contributed by atoms with Crippen LogP contribution in [0.15, 0.2) is 12.7 Å². The molecule has 0 aliphatic rings. The molecule has 0 spiro atoms. The molecular formula is C16H23Cl3O4. The van der Waals surface area contributed by atoms with Crippen molar-refractivity contribution in [2.24, 2.45) is 23.2 Å². The van der Waals surface area contributed by atoms with Gasteiger partial charge in [0.25, 0.3) is 0 Å². The minimum Gasteiger partial charge on any atom is -0.461 e. The van der Waals surface area contributed by atoms with E-state index in [4.69, 9.17) is 39.5 Å². The summed E-state index contributed by atoms with van der Waals surface area (Å²) in [7, 11) is 0. The van der Waals surface area contributed by atoms with E-state index in [1.165, 1.54) is 13.8 Å². The number of rotatable bonds is 9. The van der Waals surface area contributed by atoms with Crippen molar-refractivity contribution < 1.29 is 19.1 Å². The van der Waals surface area contributed by atoms with Gasteiger partial charge >= 0.3 is 5.97 Å². The van der Waals surface area contributed by atoms with Crippen LogP contribution in [0.2, 0.25) is 0 Å². The second-order valence-corrected chi connectivity index (χ2v) is 8.76. The molecule has 0 amide bonds. The summed E-state index contributed by atoms with van der Waals surface area (Å²) in [4.78, 5) is 36.0. The smallest absolute Gasteiger partial charge is 0.310 e. The van der Waals surface area contributed by atoms with Gasteiger partial charge in [0.1, 0.15) is 18.7 Å². The monoisotopic (exact) mass is 384 g/mol. The minimum atomic E-state index is -1.73. The van der Waals surface area contributed by atoms with Gasteiger partial charge in [-0.15, -0.1) is 6.58 Å². The fourth-order valence-electron chi connectivity index (χ4n) is 2.40. The third-order valence-corrected chi connectivity index (χ3v) is 4.01. The first-order valence-electron chi connectivity index (χ1n) is 7.22. The summed E-state index contributed by atoms with van der Waals surface area (Å²) in [5.74, 6) is -2.65. The second-order valence-electron chi connectivity index (χ2n) is 6.24. The van der Waals surface area contributed by atoms with E-state index in [9.17, 15) is 14.4 Å². The summed E-state index contributed by atoms with van der Waals surface area (Å²) in [5.41, 5.74) is -1.18. The van der Waals surface area contributed by atoms with Crippen LogP contribution in [0, 0.1) is 23.2 Å². The van der Waals surface area contributed by atoms with Crippen molar-refractivity contribution in [1.29, 1.82) is 0 Å². The molecule has 0 aromatic heterocycles. The maximum atomic E-state index is 12.5. The summed E-state index contributed by atoms with van der Waals surface area (Å²) in [5, 5.41) is 0. The number of carbonyl (C=O) groups is 3. The van der Waals surface area contributed by atoms with Gasteiger partial charge in [-0.25, -0.2) is 0 Å². The zero-order valence-corrected chi connectivity index (χ0v) is 16.0. The largest absolute Gasteiger partial charge is 0.461 e. The van der Waals surface area contributed by atoms with E-state index in [1.54, 1.807) is 19.9 Å². The molecular weight excluding hydrogens is 363 g/mol. The van der Waals surface area contributed by atoms with Gasteiger partial charge in [0.15, 0.2) is 0 Å². The molecule has 0 fully saturated rings. The van der Waals surface area contributed by atoms with Gasteiger partial charge < -0.3 is 9.53 Å². The van der Waals surface area contributed by atoms with Crippen molar-refractivity contribution in [3.63, 3.8) is 0 Å². The SMILES string of the molecule is C=CC[C@H](C)[C@H](C(=O)OCC(Cl)(Cl)Cl)[C@@H](C)C(=O)C(C)(C)C=O. The lowest BCUT2D eigenvalue weighted by molar-refractivity contribution is -0.156. The van der Waals surface area contributed by atoms with E-state index in [-0.39, 0.29) is 11.7 Å². The Morgan fingerprint density at radius 1 is 1.22 bits per heavy atom. The summed E-state index contributed by atoms with van der Waals surface area (Å²) >= 11 is 16.8. The van der Waals surface area contributed by atoms with E-state index in [0.29, 0.717) is 12.7 Å². The average Bonchev–Trinajstić information content (AvgIpc) is 2.43. The van der Waals surface area contributed by atoms with Crippen molar-refractivity contribution in [1.82, 2.24) is 0 Å². The number of esters is 1. The van der Waals surface area contributed by atoms with Crippen molar-refractivity contribution in [2.75, 3.05) is 6.61 Å². The Labute approximate surface area is 152 Å². The molecule has 0 aliphatic heterocycles. The van der Waals surface area contributed by atoms with Gasteiger partial charge in [-0.1, -0.05) is 54.7 Å². The first kappa shape index (κ1) is 22.4. The molecule has 0 N–H and O–H groups in total. The number of ketones is 1. The van der Waals surface area contributed by atoms with E-state index in [1.807, 2.05) is 0 Å². The van der Waals surface area contributed by atoms with E-state index in [0.717, 1.165) is 0 Å². The Morgan fingerprint density at radius 2 is 1.74 bits per heavy atom. The lowest BCUT2D eigenvalue weighted by Gasteiger charge is -2.30. The number of hydrogen-bond acceptors (Lipinski definition) is 4. The molecule has 0 aliphatic carbocycles. The number of carbonyl (C=O) groups excluding carboxylic acids is 3. The molecule has 0 aromatic carbocycles. The van der Waals surface area contributed by atoms with Crippen LogP contribution in [0.25, 0.3) is 0 Å². The molecule has 0 aromatic rings. The zero-order valence-electron chi connectivity index (χ0n) is 13.8. The fourth-order valence-corrected chi connectivity index (χ4v) is 2.56. The number of allylic oxidation sites excluding steroid dienone is 1. The number of halogens is 3. The van der Waals surface area contributed by atoms with E-state index >= 15 is 0 Å². The number of hydrogen-bond donors (Lipinski definition) is 0. The molecule has 3 atom stereocenters. The Balaban J connectivity index is 5.36. The van der Waals surface area contributed by atoms with Crippen LogP contribution in [-0.2, 0) is 19.1 Å². The van der Waals surface area contributed by atoms with Crippen molar-refractivity contribution in [2.45, 2.75) is 37.9 Å². The first-order chi connectivity index (χ1) is 10.4. The highest BCUT2D eigenvalue weighted by Crippen LogP contribution is 2.32. The summed E-state index contributed by atoms with van der Waals surface area (Å²) in [6, 6.07) is 0. The third-order valence-electron chi connectivity index (χ3n) is 3.68. The maximum absolute atomic E-state index is 12.5. The van der Waals surface area contributed by atoms with Crippen LogP contribution < -0.4 is 0 Å². The Hall–Kier alpha value is -0.580. The van der Waals surface area contributed by atoms with E-state index in [2.05, 4.69) is 6.58 Å². The number of alkyl halides is 3. The van der Waals surface area contributed by atoms with Crippen LogP contribution >= 0.6 is 34.8 Å². The van der Waals surface area contributed by atoms with Gasteiger partial charge in [0.2, 0.25) is 3.79 Å². The molecule has 7 heteroatoms. The van der Waals surface area contributed by atoms with Crippen LogP contribution in [0.1, 0.15) is 34.1 Å². The van der Waals surface area contributed by atoms with Crippen molar-refractivity contribution in [3.8, 4) is 0 Å². The van der Waals surface area contributed by atoms with Gasteiger partial charge in [0, 0.05) is 5.92 Å². The Bertz CT molecular complexity index is 455. The second kappa shape index (κ2) is 9.05. The lowest BCUT2D eigenvalue weighted by atomic mass is 9.73. The molecule has 0 bridgehead atoms. The van der Waals surface area contributed by atoms with E-state index < -0.39 is 33.6 Å². The Morgan fingerprint density at radius 3 is 2.13 bits per heavy atom. The van der Waals surface area contributed by atoms with Crippen molar-refractivity contribution in [3.05, 3.63) is 12.7 Å². The number of aldehydes is 1. The minimum absolute atomic E-state index is 0.211. The molecule has 4 nitrogen and oxygen atoms in total. The van der Waals surface area contributed by atoms with Crippen LogP contribution in [0.3, 0.4) is 0 Å². The van der Waals surface area contributed by atoms with Crippen LogP contribution in [-0.4, -0.2) is 28.4 Å². The molecule has 23 heavy (non-hydrogen) atoms. The molecule has 0 heterocycles. The Kier molecular flexibility index (Phi) is 8.82. The number of ether oxygens (including phenoxy) is 1. The van der Waals surface area contributed by atoms with Crippen molar-refractivity contribution >= 4 is 52.8 Å². The lowest BCUT2D eigenvalue weighted by Crippen LogP contribution is -2.41. The quantitative estimate of drug-likeness (QED) is 0.197. The van der Waals surface area contributed by atoms with Gasteiger partial charge in [-0.3, -0.25) is 9.59 Å². The normalized spacial score (nSPS) is 16.1. The molecule has 0 saturated carbocycles. The fraction of sp³-hybridized carbons (Fsp3) is 0.688. The van der Waals surface area contributed by atoms with Crippen LogP contribution in [0.4, 0.5) is 0 Å². The summed E-state index contributed by atoms with van der Waals surface area (Å²) < 4.78 is 3.32. The van der Waals surface area contributed by atoms with Gasteiger partial charge in [0.05, 0.1) is 11.3 Å². The highest BCUT2D eigenvalue weighted by atomic mass is 35.6. The molecule has 0 radical (unpaired) electrons.